The average Bonchev–Trinajstić information content (AvgIpc) is 2.27. The van der Waals surface area contributed by atoms with Crippen LogP contribution in [0.25, 0.3) is 0 Å². The predicted molar refractivity (Wildman–Crippen MR) is 58.3 cm³/mol. The highest BCUT2D eigenvalue weighted by atomic mass is 16.5. The molecule has 0 aliphatic rings. The van der Waals surface area contributed by atoms with E-state index in [1.165, 1.54) is 4.90 Å². The lowest BCUT2D eigenvalue weighted by Crippen LogP contribution is -2.34. The first-order valence-electron chi connectivity index (χ1n) is 5.37. The molecule has 0 spiro atoms. The van der Waals surface area contributed by atoms with Crippen LogP contribution in [-0.2, 0) is 14.3 Å². The van der Waals surface area contributed by atoms with Gasteiger partial charge < -0.3 is 9.64 Å². The number of amides is 1. The van der Waals surface area contributed by atoms with E-state index in [1.54, 1.807) is 20.9 Å². The fraction of sp³-hybridized carbons (Fsp3) is 0.727. The molecule has 1 atom stereocenters. The van der Waals surface area contributed by atoms with Crippen molar-refractivity contribution in [3.05, 3.63) is 0 Å². The maximum atomic E-state index is 11.6. The number of nitrogens with zero attached hydrogens (tertiary/aromatic N) is 2. The minimum absolute atomic E-state index is 0.165. The molecule has 5 nitrogen and oxygen atoms in total. The first kappa shape index (κ1) is 14.4. The Hall–Kier alpha value is -1.57. The average molecular weight is 226 g/mol. The number of nitriles is 1. The maximum absolute atomic E-state index is 11.6. The van der Waals surface area contributed by atoms with E-state index in [2.05, 4.69) is 0 Å². The zero-order valence-corrected chi connectivity index (χ0v) is 10.0. The van der Waals surface area contributed by atoms with Gasteiger partial charge in [0.05, 0.1) is 19.1 Å². The van der Waals surface area contributed by atoms with E-state index < -0.39 is 5.92 Å². The molecule has 0 aliphatic carbocycles. The number of ether oxygens (including phenoxy) is 1. The van der Waals surface area contributed by atoms with Crippen LogP contribution in [0.3, 0.4) is 0 Å². The standard InChI is InChI=1S/C11H18N2O3/c1-4-9(8-12)11(15)13(3)7-6-10(14)16-5-2/h9H,4-7H2,1-3H3. The second-order valence-electron chi connectivity index (χ2n) is 3.40. The molecule has 1 unspecified atom stereocenters. The molecule has 0 aromatic rings. The fourth-order valence-corrected chi connectivity index (χ4v) is 1.19. The number of carbonyl (C=O) groups is 2. The number of hydrogen-bond acceptors (Lipinski definition) is 4. The van der Waals surface area contributed by atoms with Crippen LogP contribution >= 0.6 is 0 Å². The summed E-state index contributed by atoms with van der Waals surface area (Å²) >= 11 is 0. The topological polar surface area (TPSA) is 70.4 Å². The Bertz CT molecular complexity index is 283. The molecule has 1 amide bonds. The van der Waals surface area contributed by atoms with Gasteiger partial charge in [-0.15, -0.1) is 0 Å². The van der Waals surface area contributed by atoms with Gasteiger partial charge in [0, 0.05) is 13.6 Å². The zero-order chi connectivity index (χ0) is 12.6. The van der Waals surface area contributed by atoms with Gasteiger partial charge in [-0.05, 0) is 13.3 Å². The number of carbonyl (C=O) groups excluding carboxylic acids is 2. The van der Waals surface area contributed by atoms with Crippen LogP contribution < -0.4 is 0 Å². The van der Waals surface area contributed by atoms with Gasteiger partial charge in [0.15, 0.2) is 0 Å². The molecule has 0 fully saturated rings. The van der Waals surface area contributed by atoms with Gasteiger partial charge in [-0.1, -0.05) is 6.92 Å². The van der Waals surface area contributed by atoms with Gasteiger partial charge in [0.2, 0.25) is 5.91 Å². The van der Waals surface area contributed by atoms with Gasteiger partial charge in [0.1, 0.15) is 5.92 Å². The van der Waals surface area contributed by atoms with Crippen molar-refractivity contribution in [1.29, 1.82) is 5.26 Å². The molecule has 0 heterocycles. The summed E-state index contributed by atoms with van der Waals surface area (Å²) in [7, 11) is 1.58. The third kappa shape index (κ3) is 4.78. The lowest BCUT2D eigenvalue weighted by Gasteiger charge is -2.18. The molecule has 16 heavy (non-hydrogen) atoms. The maximum Gasteiger partial charge on any atom is 0.307 e. The molecule has 0 radical (unpaired) electrons. The van der Waals surface area contributed by atoms with Crippen LogP contribution in [0.5, 0.6) is 0 Å². The number of hydrogen-bond donors (Lipinski definition) is 0. The Balaban J connectivity index is 4.06. The van der Waals surface area contributed by atoms with Crippen LogP contribution in [0, 0.1) is 17.2 Å². The predicted octanol–water partition coefficient (Wildman–Crippen LogP) is 0.948. The Labute approximate surface area is 96.0 Å². The molecule has 90 valence electrons. The van der Waals surface area contributed by atoms with E-state index in [9.17, 15) is 9.59 Å². The van der Waals surface area contributed by atoms with Gasteiger partial charge in [-0.25, -0.2) is 0 Å². The van der Waals surface area contributed by atoms with E-state index in [1.807, 2.05) is 6.07 Å². The smallest absolute Gasteiger partial charge is 0.307 e. The summed E-state index contributed by atoms with van der Waals surface area (Å²) in [5, 5.41) is 8.72. The van der Waals surface area contributed by atoms with E-state index in [0.29, 0.717) is 13.0 Å². The molecule has 0 saturated carbocycles. The Morgan fingerprint density at radius 2 is 2.06 bits per heavy atom. The molecular formula is C11H18N2O3. The van der Waals surface area contributed by atoms with Crippen molar-refractivity contribution in [2.75, 3.05) is 20.2 Å². The third-order valence-electron chi connectivity index (χ3n) is 2.20. The highest BCUT2D eigenvalue weighted by Gasteiger charge is 2.20. The van der Waals surface area contributed by atoms with Crippen LogP contribution in [0.2, 0.25) is 0 Å². The van der Waals surface area contributed by atoms with Gasteiger partial charge in [-0.2, -0.15) is 5.26 Å². The molecule has 0 bridgehead atoms. The largest absolute Gasteiger partial charge is 0.466 e. The monoisotopic (exact) mass is 226 g/mol. The first-order chi connectivity index (χ1) is 7.56. The summed E-state index contributed by atoms with van der Waals surface area (Å²) in [6.07, 6.45) is 0.650. The number of esters is 1. The van der Waals surface area contributed by atoms with Crippen molar-refractivity contribution >= 4 is 11.9 Å². The summed E-state index contributed by atoms with van der Waals surface area (Å²) in [5.74, 6) is -1.19. The van der Waals surface area contributed by atoms with Crippen molar-refractivity contribution in [2.24, 2.45) is 5.92 Å². The summed E-state index contributed by atoms with van der Waals surface area (Å²) in [6.45, 7) is 4.14. The molecule has 0 N–H and O–H groups in total. The Morgan fingerprint density at radius 3 is 2.50 bits per heavy atom. The minimum atomic E-state index is -0.618. The van der Waals surface area contributed by atoms with Crippen LogP contribution in [-0.4, -0.2) is 37.0 Å². The summed E-state index contributed by atoms with van der Waals surface area (Å²) in [5.41, 5.74) is 0. The van der Waals surface area contributed by atoms with Crippen molar-refractivity contribution in [3.8, 4) is 6.07 Å². The minimum Gasteiger partial charge on any atom is -0.466 e. The van der Waals surface area contributed by atoms with Crippen LogP contribution in [0.1, 0.15) is 26.7 Å². The highest BCUT2D eigenvalue weighted by Crippen LogP contribution is 2.05. The first-order valence-corrected chi connectivity index (χ1v) is 5.37. The van der Waals surface area contributed by atoms with Crippen molar-refractivity contribution in [1.82, 2.24) is 4.90 Å². The lowest BCUT2D eigenvalue weighted by molar-refractivity contribution is -0.144. The molecule has 0 aromatic carbocycles. The fourth-order valence-electron chi connectivity index (χ4n) is 1.19. The second kappa shape index (κ2) is 7.69. The second-order valence-corrected chi connectivity index (χ2v) is 3.40. The van der Waals surface area contributed by atoms with Crippen molar-refractivity contribution in [2.45, 2.75) is 26.7 Å². The highest BCUT2D eigenvalue weighted by molar-refractivity contribution is 5.81. The van der Waals surface area contributed by atoms with Crippen LogP contribution in [0.4, 0.5) is 0 Å². The molecular weight excluding hydrogens is 208 g/mol. The van der Waals surface area contributed by atoms with Gasteiger partial charge in [-0.3, -0.25) is 9.59 Å². The summed E-state index contributed by atoms with van der Waals surface area (Å²) < 4.78 is 4.74. The van der Waals surface area contributed by atoms with Crippen LogP contribution in [0.15, 0.2) is 0 Å². The Morgan fingerprint density at radius 1 is 1.44 bits per heavy atom. The lowest BCUT2D eigenvalue weighted by atomic mass is 10.1. The van der Waals surface area contributed by atoms with Crippen molar-refractivity contribution in [3.63, 3.8) is 0 Å². The molecule has 0 saturated heterocycles. The normalized spacial score (nSPS) is 11.4. The van der Waals surface area contributed by atoms with Gasteiger partial charge in [0.25, 0.3) is 0 Å². The third-order valence-corrected chi connectivity index (χ3v) is 2.20. The molecule has 0 aromatic heterocycles. The molecule has 0 aliphatic heterocycles. The van der Waals surface area contributed by atoms with Crippen molar-refractivity contribution < 1.29 is 14.3 Å². The summed E-state index contributed by atoms with van der Waals surface area (Å²) in [6, 6.07) is 1.94. The van der Waals surface area contributed by atoms with E-state index in [0.717, 1.165) is 0 Å². The quantitative estimate of drug-likeness (QED) is 0.632. The molecule has 5 heteroatoms. The zero-order valence-electron chi connectivity index (χ0n) is 10.0. The van der Waals surface area contributed by atoms with E-state index in [4.69, 9.17) is 10.00 Å². The summed E-state index contributed by atoms with van der Waals surface area (Å²) in [4.78, 5) is 24.1. The SMILES string of the molecule is CCOC(=O)CCN(C)C(=O)C(C#N)CC. The Kier molecular flexibility index (Phi) is 6.93. The van der Waals surface area contributed by atoms with E-state index in [-0.39, 0.29) is 24.8 Å². The van der Waals surface area contributed by atoms with E-state index >= 15 is 0 Å². The number of rotatable bonds is 6. The molecule has 0 rings (SSSR count). The van der Waals surface area contributed by atoms with Gasteiger partial charge >= 0.3 is 5.97 Å².